The average molecular weight is 276 g/mol. The molecule has 3 N–H and O–H groups in total. The van der Waals surface area contributed by atoms with Crippen LogP contribution in [0.15, 0.2) is 18.5 Å². The third kappa shape index (κ3) is 4.09. The largest absolute Gasteiger partial charge is 0.406 e. The Morgan fingerprint density at radius 1 is 1.53 bits per heavy atom. The second-order valence-corrected chi connectivity index (χ2v) is 4.21. The number of halogens is 3. The van der Waals surface area contributed by atoms with Crippen LogP contribution in [0.1, 0.15) is 24.2 Å². The van der Waals surface area contributed by atoms with Gasteiger partial charge in [-0.3, -0.25) is 15.6 Å². The van der Waals surface area contributed by atoms with Crippen molar-refractivity contribution in [2.45, 2.75) is 26.1 Å². The Balaban J connectivity index is 3.06. The maximum atomic E-state index is 12.5. The SMILES string of the molecule is CC(C)N(CC(F)(F)F)C(=O)c1cnccc1NN. The lowest BCUT2D eigenvalue weighted by Gasteiger charge is -2.28. The molecule has 1 amide bonds. The van der Waals surface area contributed by atoms with Gasteiger partial charge in [0.25, 0.3) is 5.91 Å². The molecule has 8 heteroatoms. The van der Waals surface area contributed by atoms with Crippen LogP contribution in [0.25, 0.3) is 0 Å². The van der Waals surface area contributed by atoms with Crippen molar-refractivity contribution in [2.75, 3.05) is 12.0 Å². The molecule has 0 aromatic carbocycles. The monoisotopic (exact) mass is 276 g/mol. The molecule has 5 nitrogen and oxygen atoms in total. The maximum Gasteiger partial charge on any atom is 0.406 e. The molecular formula is C11H15F3N4O. The Morgan fingerprint density at radius 3 is 2.63 bits per heavy atom. The summed E-state index contributed by atoms with van der Waals surface area (Å²) in [5.74, 6) is 4.45. The standard InChI is InChI=1S/C11H15F3N4O/c1-7(2)18(6-11(12,13)14)10(19)8-5-16-4-3-9(8)17-15/h3-5,7H,6,15H2,1-2H3,(H,16,17). The number of carbonyl (C=O) groups is 1. The molecule has 0 aliphatic carbocycles. The molecule has 106 valence electrons. The number of hydrogen-bond acceptors (Lipinski definition) is 4. The van der Waals surface area contributed by atoms with Crippen molar-refractivity contribution in [3.8, 4) is 0 Å². The maximum absolute atomic E-state index is 12.5. The van der Waals surface area contributed by atoms with E-state index in [-0.39, 0.29) is 11.3 Å². The number of hydrazine groups is 1. The normalized spacial score (nSPS) is 11.5. The lowest BCUT2D eigenvalue weighted by atomic mass is 10.2. The fourth-order valence-corrected chi connectivity index (χ4v) is 1.53. The molecule has 0 atom stereocenters. The summed E-state index contributed by atoms with van der Waals surface area (Å²) < 4.78 is 37.4. The summed E-state index contributed by atoms with van der Waals surface area (Å²) in [5, 5.41) is 0. The van der Waals surface area contributed by atoms with Crippen LogP contribution in [0, 0.1) is 0 Å². The molecule has 0 fully saturated rings. The van der Waals surface area contributed by atoms with Gasteiger partial charge in [0.2, 0.25) is 0 Å². The molecule has 19 heavy (non-hydrogen) atoms. The van der Waals surface area contributed by atoms with Gasteiger partial charge in [-0.25, -0.2) is 0 Å². The van der Waals surface area contributed by atoms with Gasteiger partial charge in [0.1, 0.15) is 6.54 Å². The highest BCUT2D eigenvalue weighted by atomic mass is 19.4. The Morgan fingerprint density at radius 2 is 2.16 bits per heavy atom. The second kappa shape index (κ2) is 5.87. The highest BCUT2D eigenvalue weighted by molar-refractivity contribution is 5.99. The minimum Gasteiger partial charge on any atom is -0.327 e. The predicted octanol–water partition coefficient (Wildman–Crippen LogP) is 1.78. The third-order valence-electron chi connectivity index (χ3n) is 2.44. The summed E-state index contributed by atoms with van der Waals surface area (Å²) in [6.07, 6.45) is -1.89. The van der Waals surface area contributed by atoms with E-state index in [0.29, 0.717) is 0 Å². The van der Waals surface area contributed by atoms with E-state index < -0.39 is 24.7 Å². The molecular weight excluding hydrogens is 261 g/mol. The topological polar surface area (TPSA) is 71.2 Å². The number of nitrogen functional groups attached to an aromatic ring is 1. The van der Waals surface area contributed by atoms with E-state index >= 15 is 0 Å². The third-order valence-corrected chi connectivity index (χ3v) is 2.44. The quantitative estimate of drug-likeness (QED) is 0.649. The van der Waals surface area contributed by atoms with Crippen LogP contribution >= 0.6 is 0 Å². The summed E-state index contributed by atoms with van der Waals surface area (Å²) in [6, 6.07) is 0.819. The Kier molecular flexibility index (Phi) is 4.71. The fourth-order valence-electron chi connectivity index (χ4n) is 1.53. The van der Waals surface area contributed by atoms with Crippen LogP contribution in [-0.4, -0.2) is 34.6 Å². The highest BCUT2D eigenvalue weighted by Crippen LogP contribution is 2.22. The molecule has 1 heterocycles. The minimum absolute atomic E-state index is 0.00273. The summed E-state index contributed by atoms with van der Waals surface area (Å²) in [5.41, 5.74) is 2.50. The molecule has 0 aliphatic rings. The number of rotatable bonds is 4. The molecule has 1 aromatic heterocycles. The minimum atomic E-state index is -4.46. The molecule has 0 spiro atoms. The summed E-state index contributed by atoms with van der Waals surface area (Å²) in [7, 11) is 0. The van der Waals surface area contributed by atoms with Gasteiger partial charge in [-0.15, -0.1) is 0 Å². The molecule has 0 saturated carbocycles. The number of carbonyl (C=O) groups excluding carboxylic acids is 1. The van der Waals surface area contributed by atoms with Gasteiger partial charge in [0.15, 0.2) is 0 Å². The van der Waals surface area contributed by atoms with Crippen molar-refractivity contribution < 1.29 is 18.0 Å². The summed E-state index contributed by atoms with van der Waals surface area (Å²) in [4.78, 5) is 16.6. The van der Waals surface area contributed by atoms with Crippen LogP contribution in [0.5, 0.6) is 0 Å². The van der Waals surface area contributed by atoms with Crippen molar-refractivity contribution >= 4 is 11.6 Å². The van der Waals surface area contributed by atoms with Gasteiger partial charge in [-0.2, -0.15) is 13.2 Å². The Labute approximate surface area is 108 Å². The highest BCUT2D eigenvalue weighted by Gasteiger charge is 2.35. The second-order valence-electron chi connectivity index (χ2n) is 4.21. The molecule has 0 bridgehead atoms. The zero-order chi connectivity index (χ0) is 14.6. The number of nitrogens with zero attached hydrogens (tertiary/aromatic N) is 2. The lowest BCUT2D eigenvalue weighted by molar-refractivity contribution is -0.143. The van der Waals surface area contributed by atoms with Crippen molar-refractivity contribution in [2.24, 2.45) is 5.84 Å². The van der Waals surface area contributed by atoms with Crippen molar-refractivity contribution in [1.29, 1.82) is 0 Å². The zero-order valence-electron chi connectivity index (χ0n) is 10.5. The molecule has 0 aliphatic heterocycles. The number of alkyl halides is 3. The van der Waals surface area contributed by atoms with Gasteiger partial charge in [0.05, 0.1) is 11.3 Å². The Hall–Kier alpha value is -1.83. The van der Waals surface area contributed by atoms with Crippen molar-refractivity contribution in [3.05, 3.63) is 24.0 Å². The zero-order valence-corrected chi connectivity index (χ0v) is 10.5. The van der Waals surface area contributed by atoms with E-state index in [0.717, 1.165) is 4.90 Å². The van der Waals surface area contributed by atoms with Gasteiger partial charge in [0, 0.05) is 18.4 Å². The molecule has 0 radical (unpaired) electrons. The molecule has 1 rings (SSSR count). The van der Waals surface area contributed by atoms with E-state index in [1.165, 1.54) is 32.3 Å². The number of amides is 1. The number of nitrogens with two attached hydrogens (primary N) is 1. The first-order chi connectivity index (χ1) is 8.76. The first kappa shape index (κ1) is 15.2. The van der Waals surface area contributed by atoms with Crippen molar-refractivity contribution in [3.63, 3.8) is 0 Å². The van der Waals surface area contributed by atoms with Gasteiger partial charge in [-0.05, 0) is 19.9 Å². The van der Waals surface area contributed by atoms with Gasteiger partial charge < -0.3 is 10.3 Å². The van der Waals surface area contributed by atoms with E-state index in [2.05, 4.69) is 10.4 Å². The van der Waals surface area contributed by atoms with E-state index in [4.69, 9.17) is 5.84 Å². The van der Waals surface area contributed by atoms with Crippen LogP contribution in [0.3, 0.4) is 0 Å². The van der Waals surface area contributed by atoms with Crippen molar-refractivity contribution in [1.82, 2.24) is 9.88 Å². The average Bonchev–Trinajstić information content (AvgIpc) is 2.33. The van der Waals surface area contributed by atoms with Crippen LogP contribution in [0.4, 0.5) is 18.9 Å². The number of pyridine rings is 1. The molecule has 0 saturated heterocycles. The van der Waals surface area contributed by atoms with E-state index in [9.17, 15) is 18.0 Å². The molecule has 0 unspecified atom stereocenters. The fraction of sp³-hybridized carbons (Fsp3) is 0.455. The summed E-state index contributed by atoms with van der Waals surface area (Å²) in [6.45, 7) is 1.70. The van der Waals surface area contributed by atoms with Gasteiger partial charge >= 0.3 is 6.18 Å². The van der Waals surface area contributed by atoms with Crippen LogP contribution in [0.2, 0.25) is 0 Å². The number of aromatic nitrogens is 1. The lowest BCUT2D eigenvalue weighted by Crippen LogP contribution is -2.43. The van der Waals surface area contributed by atoms with Crippen LogP contribution in [-0.2, 0) is 0 Å². The Bertz CT molecular complexity index is 448. The summed E-state index contributed by atoms with van der Waals surface area (Å²) >= 11 is 0. The van der Waals surface area contributed by atoms with Gasteiger partial charge in [-0.1, -0.05) is 0 Å². The van der Waals surface area contributed by atoms with E-state index in [1.54, 1.807) is 0 Å². The first-order valence-corrected chi connectivity index (χ1v) is 5.54. The first-order valence-electron chi connectivity index (χ1n) is 5.54. The van der Waals surface area contributed by atoms with Crippen LogP contribution < -0.4 is 11.3 Å². The smallest absolute Gasteiger partial charge is 0.327 e. The number of nitrogens with one attached hydrogen (secondary N) is 1. The predicted molar refractivity (Wildman–Crippen MR) is 64.3 cm³/mol. The molecule has 1 aromatic rings. The number of hydrogen-bond donors (Lipinski definition) is 2. The van der Waals surface area contributed by atoms with E-state index in [1.807, 2.05) is 0 Å². The number of anilines is 1.